The van der Waals surface area contributed by atoms with Crippen molar-refractivity contribution in [2.75, 3.05) is 16.8 Å². The number of aromatic nitrogens is 2. The molecule has 0 unspecified atom stereocenters. The summed E-state index contributed by atoms with van der Waals surface area (Å²) in [5.74, 6) is 0. The van der Waals surface area contributed by atoms with Crippen LogP contribution in [0, 0.1) is 20.8 Å². The van der Waals surface area contributed by atoms with Gasteiger partial charge in [-0.3, -0.25) is 0 Å². The van der Waals surface area contributed by atoms with Crippen LogP contribution >= 0.6 is 0 Å². The van der Waals surface area contributed by atoms with E-state index in [1.54, 1.807) is 0 Å². The fraction of sp³-hybridized carbons (Fsp3) is 0.214. The number of nitrogens with zero attached hydrogens (tertiary/aromatic N) is 3. The number of anilines is 2. The molecule has 3 aromatic carbocycles. The molecule has 6 heteroatoms. The van der Waals surface area contributed by atoms with E-state index in [1.165, 1.54) is 27.9 Å². The third-order valence-corrected chi connectivity index (χ3v) is 6.57. The van der Waals surface area contributed by atoms with Crippen LogP contribution in [0.1, 0.15) is 27.9 Å². The SMILES string of the molecule is Cc1ccccc1N1CCc2nn(-c3c(C)cccc3C)c(-c3ccc(NC(N)=O)cc3)c2C1. The molecule has 0 atom stereocenters. The smallest absolute Gasteiger partial charge is 0.316 e. The van der Waals surface area contributed by atoms with Crippen LogP contribution in [0.25, 0.3) is 16.9 Å². The largest absolute Gasteiger partial charge is 0.366 e. The molecule has 6 nitrogen and oxygen atoms in total. The van der Waals surface area contributed by atoms with E-state index in [0.29, 0.717) is 5.69 Å². The maximum Gasteiger partial charge on any atom is 0.316 e. The van der Waals surface area contributed by atoms with E-state index in [0.717, 1.165) is 42.1 Å². The molecule has 5 rings (SSSR count). The minimum Gasteiger partial charge on any atom is -0.366 e. The lowest BCUT2D eigenvalue weighted by Gasteiger charge is -2.30. The van der Waals surface area contributed by atoms with Crippen molar-refractivity contribution >= 4 is 17.4 Å². The Morgan fingerprint density at radius 2 is 1.59 bits per heavy atom. The molecule has 0 saturated carbocycles. The Labute approximate surface area is 200 Å². The number of nitrogens with one attached hydrogen (secondary N) is 1. The highest BCUT2D eigenvalue weighted by molar-refractivity contribution is 5.88. The molecule has 0 spiro atoms. The van der Waals surface area contributed by atoms with Crippen LogP contribution in [0.4, 0.5) is 16.2 Å². The van der Waals surface area contributed by atoms with Gasteiger partial charge in [-0.05, 0) is 55.7 Å². The summed E-state index contributed by atoms with van der Waals surface area (Å²) in [5.41, 5.74) is 16.5. The number of urea groups is 1. The van der Waals surface area contributed by atoms with E-state index in [1.807, 2.05) is 24.3 Å². The average Bonchev–Trinajstić information content (AvgIpc) is 3.17. The van der Waals surface area contributed by atoms with E-state index in [2.05, 4.69) is 78.1 Å². The van der Waals surface area contributed by atoms with Crippen molar-refractivity contribution in [3.8, 4) is 16.9 Å². The van der Waals surface area contributed by atoms with Crippen molar-refractivity contribution in [2.24, 2.45) is 5.73 Å². The number of para-hydroxylation sites is 2. The van der Waals surface area contributed by atoms with E-state index < -0.39 is 6.03 Å². The second-order valence-electron chi connectivity index (χ2n) is 8.95. The Kier molecular flexibility index (Phi) is 5.57. The molecule has 0 bridgehead atoms. The number of fused-ring (bicyclic) bond motifs is 1. The van der Waals surface area contributed by atoms with Crippen molar-refractivity contribution in [1.82, 2.24) is 9.78 Å². The van der Waals surface area contributed by atoms with Crippen molar-refractivity contribution in [2.45, 2.75) is 33.7 Å². The third kappa shape index (κ3) is 3.92. The minimum atomic E-state index is -0.570. The zero-order valence-electron chi connectivity index (χ0n) is 19.8. The summed E-state index contributed by atoms with van der Waals surface area (Å²) in [6, 6.07) is 22.1. The predicted molar refractivity (Wildman–Crippen MR) is 138 cm³/mol. The van der Waals surface area contributed by atoms with Crippen molar-refractivity contribution in [1.29, 1.82) is 0 Å². The number of hydrogen-bond acceptors (Lipinski definition) is 3. The molecule has 1 aliphatic heterocycles. The number of amides is 2. The van der Waals surface area contributed by atoms with Crippen LogP contribution in [-0.2, 0) is 13.0 Å². The fourth-order valence-electron chi connectivity index (χ4n) is 4.95. The van der Waals surface area contributed by atoms with Gasteiger partial charge in [0, 0.05) is 42.0 Å². The molecular weight excluding hydrogens is 422 g/mol. The van der Waals surface area contributed by atoms with E-state index >= 15 is 0 Å². The second-order valence-corrected chi connectivity index (χ2v) is 8.95. The number of hydrogen-bond donors (Lipinski definition) is 2. The maximum atomic E-state index is 11.3. The molecule has 3 N–H and O–H groups in total. The zero-order chi connectivity index (χ0) is 23.8. The van der Waals surface area contributed by atoms with Crippen LogP contribution in [-0.4, -0.2) is 22.4 Å². The molecule has 4 aromatic rings. The summed E-state index contributed by atoms with van der Waals surface area (Å²) in [4.78, 5) is 13.7. The molecule has 34 heavy (non-hydrogen) atoms. The van der Waals surface area contributed by atoms with Gasteiger partial charge in [-0.25, -0.2) is 9.48 Å². The Morgan fingerprint density at radius 3 is 2.26 bits per heavy atom. The van der Waals surface area contributed by atoms with Crippen LogP contribution in [0.2, 0.25) is 0 Å². The summed E-state index contributed by atoms with van der Waals surface area (Å²) in [7, 11) is 0. The lowest BCUT2D eigenvalue weighted by Crippen LogP contribution is -2.30. The molecule has 172 valence electrons. The lowest BCUT2D eigenvalue weighted by molar-refractivity contribution is 0.259. The van der Waals surface area contributed by atoms with Crippen LogP contribution in [0.3, 0.4) is 0 Å². The highest BCUT2D eigenvalue weighted by Gasteiger charge is 2.27. The van der Waals surface area contributed by atoms with Gasteiger partial charge in [0.15, 0.2) is 0 Å². The normalized spacial score (nSPS) is 13.0. The first kappa shape index (κ1) is 21.8. The Hall–Kier alpha value is -4.06. The first-order chi connectivity index (χ1) is 16.4. The summed E-state index contributed by atoms with van der Waals surface area (Å²) >= 11 is 0. The number of carbonyl (C=O) groups is 1. The number of aryl methyl sites for hydroxylation is 3. The summed E-state index contributed by atoms with van der Waals surface area (Å²) in [6.45, 7) is 8.15. The number of benzene rings is 3. The summed E-state index contributed by atoms with van der Waals surface area (Å²) in [5, 5.41) is 7.79. The van der Waals surface area contributed by atoms with Gasteiger partial charge in [-0.15, -0.1) is 0 Å². The highest BCUT2D eigenvalue weighted by atomic mass is 16.2. The average molecular weight is 452 g/mol. The van der Waals surface area contributed by atoms with Gasteiger partial charge in [-0.2, -0.15) is 5.10 Å². The quantitative estimate of drug-likeness (QED) is 0.429. The Bertz CT molecular complexity index is 1350. The number of primary amides is 1. The first-order valence-electron chi connectivity index (χ1n) is 11.6. The first-order valence-corrected chi connectivity index (χ1v) is 11.6. The molecule has 1 aromatic heterocycles. The predicted octanol–water partition coefficient (Wildman–Crippen LogP) is 5.52. The molecule has 2 amide bonds. The number of rotatable bonds is 4. The summed E-state index contributed by atoms with van der Waals surface area (Å²) < 4.78 is 2.12. The molecule has 0 saturated heterocycles. The van der Waals surface area contributed by atoms with Gasteiger partial charge in [0.25, 0.3) is 0 Å². The topological polar surface area (TPSA) is 76.2 Å². The maximum absolute atomic E-state index is 11.3. The van der Waals surface area contributed by atoms with Crippen LogP contribution in [0.15, 0.2) is 66.7 Å². The van der Waals surface area contributed by atoms with Crippen LogP contribution < -0.4 is 16.0 Å². The van der Waals surface area contributed by atoms with Gasteiger partial charge in [0.05, 0.1) is 17.1 Å². The van der Waals surface area contributed by atoms with Crippen molar-refractivity contribution < 1.29 is 4.79 Å². The number of carbonyl (C=O) groups excluding carboxylic acids is 1. The standard InChI is InChI=1S/C28H29N5O/c1-18-7-4-5-10-25(18)32-16-15-24-23(17-32)27(21-11-13-22(14-12-21)30-28(29)34)33(31-24)26-19(2)8-6-9-20(26)3/h4-14H,15-17H2,1-3H3,(H3,29,30,34). The molecule has 1 aliphatic rings. The second kappa shape index (κ2) is 8.71. The van der Waals surface area contributed by atoms with Gasteiger partial charge >= 0.3 is 6.03 Å². The zero-order valence-corrected chi connectivity index (χ0v) is 19.8. The fourth-order valence-corrected chi connectivity index (χ4v) is 4.95. The molecule has 0 fully saturated rings. The minimum absolute atomic E-state index is 0.570. The van der Waals surface area contributed by atoms with E-state index in [4.69, 9.17) is 10.8 Å². The lowest BCUT2D eigenvalue weighted by atomic mass is 9.99. The Balaban J connectivity index is 1.66. The molecule has 0 radical (unpaired) electrons. The van der Waals surface area contributed by atoms with Crippen molar-refractivity contribution in [3.05, 3.63) is 94.7 Å². The third-order valence-electron chi connectivity index (χ3n) is 6.57. The number of nitrogens with two attached hydrogens (primary N) is 1. The van der Waals surface area contributed by atoms with Crippen LogP contribution in [0.5, 0.6) is 0 Å². The van der Waals surface area contributed by atoms with E-state index in [9.17, 15) is 4.79 Å². The summed E-state index contributed by atoms with van der Waals surface area (Å²) in [6.07, 6.45) is 0.885. The molecular formula is C28H29N5O. The van der Waals surface area contributed by atoms with Gasteiger partial charge in [-0.1, -0.05) is 48.5 Å². The molecule has 2 heterocycles. The Morgan fingerprint density at radius 1 is 0.912 bits per heavy atom. The van der Waals surface area contributed by atoms with Gasteiger partial charge in [0.2, 0.25) is 0 Å². The molecule has 0 aliphatic carbocycles. The highest BCUT2D eigenvalue weighted by Crippen LogP contribution is 2.36. The monoisotopic (exact) mass is 451 g/mol. The van der Waals surface area contributed by atoms with E-state index in [-0.39, 0.29) is 0 Å². The van der Waals surface area contributed by atoms with Gasteiger partial charge in [0.1, 0.15) is 0 Å². The van der Waals surface area contributed by atoms with Crippen molar-refractivity contribution in [3.63, 3.8) is 0 Å². The van der Waals surface area contributed by atoms with Gasteiger partial charge < -0.3 is 16.0 Å².